The maximum Gasteiger partial charge on any atom is 0.256 e. The van der Waals surface area contributed by atoms with Gasteiger partial charge in [-0.3, -0.25) is 0 Å². The maximum atomic E-state index is 13.8. The molecule has 0 aliphatic carbocycles. The van der Waals surface area contributed by atoms with Crippen LogP contribution in [0.15, 0.2) is 30.5 Å². The van der Waals surface area contributed by atoms with Crippen molar-refractivity contribution >= 4 is 11.6 Å². The number of hydrogen-bond acceptors (Lipinski definition) is 2. The van der Waals surface area contributed by atoms with Crippen molar-refractivity contribution in [2.24, 2.45) is 0 Å². The molecular weight excluding hydrogens is 260 g/mol. The van der Waals surface area contributed by atoms with E-state index >= 15 is 0 Å². The molecule has 1 aromatic heterocycles. The van der Waals surface area contributed by atoms with Crippen LogP contribution in [-0.2, 0) is 5.88 Å². The highest BCUT2D eigenvalue weighted by Gasteiger charge is 2.11. The van der Waals surface area contributed by atoms with Gasteiger partial charge in [0.1, 0.15) is 11.6 Å². The highest BCUT2D eigenvalue weighted by atomic mass is 35.5. The third-order valence-corrected chi connectivity index (χ3v) is 2.71. The largest absolute Gasteiger partial charge is 0.436 e. The van der Waals surface area contributed by atoms with Crippen LogP contribution < -0.4 is 4.74 Å². The van der Waals surface area contributed by atoms with E-state index in [0.717, 1.165) is 0 Å². The van der Waals surface area contributed by atoms with Gasteiger partial charge in [-0.2, -0.15) is 0 Å². The molecule has 2 aromatic rings. The highest BCUT2D eigenvalue weighted by molar-refractivity contribution is 6.17. The standard InChI is InChI=1S/C13H10ClF2NO/c1-8-6-10(2-3-11(8)15)18-13-12(16)9(7-14)4-5-17-13/h2-6H,7H2,1H3. The lowest BCUT2D eigenvalue weighted by atomic mass is 10.2. The van der Waals surface area contributed by atoms with Crippen molar-refractivity contribution in [3.63, 3.8) is 0 Å². The molecule has 0 radical (unpaired) electrons. The first-order valence-corrected chi connectivity index (χ1v) is 5.78. The van der Waals surface area contributed by atoms with Crippen LogP contribution in [-0.4, -0.2) is 4.98 Å². The van der Waals surface area contributed by atoms with Crippen LogP contribution in [0, 0.1) is 18.6 Å². The Labute approximate surface area is 108 Å². The predicted molar refractivity (Wildman–Crippen MR) is 65.0 cm³/mol. The molecule has 2 rings (SSSR count). The molecule has 0 bridgehead atoms. The molecule has 0 saturated heterocycles. The van der Waals surface area contributed by atoms with Crippen LogP contribution in [0.4, 0.5) is 8.78 Å². The first-order valence-electron chi connectivity index (χ1n) is 5.25. The number of benzene rings is 1. The zero-order valence-electron chi connectivity index (χ0n) is 9.58. The number of ether oxygens (including phenoxy) is 1. The Kier molecular flexibility index (Phi) is 3.77. The number of pyridine rings is 1. The molecule has 0 aliphatic rings. The van der Waals surface area contributed by atoms with Crippen LogP contribution >= 0.6 is 11.6 Å². The van der Waals surface area contributed by atoms with E-state index in [-0.39, 0.29) is 17.6 Å². The quantitative estimate of drug-likeness (QED) is 0.779. The summed E-state index contributed by atoms with van der Waals surface area (Å²) in [7, 11) is 0. The Bertz CT molecular complexity index is 575. The van der Waals surface area contributed by atoms with E-state index in [0.29, 0.717) is 16.9 Å². The molecule has 0 aliphatic heterocycles. The van der Waals surface area contributed by atoms with Crippen molar-refractivity contribution in [2.75, 3.05) is 0 Å². The number of rotatable bonds is 3. The molecule has 0 amide bonds. The Hall–Kier alpha value is -1.68. The minimum absolute atomic E-state index is 0.0349. The summed E-state index contributed by atoms with van der Waals surface area (Å²) in [6.07, 6.45) is 1.41. The van der Waals surface area contributed by atoms with Crippen LogP contribution in [0.5, 0.6) is 11.6 Å². The zero-order valence-corrected chi connectivity index (χ0v) is 10.3. The van der Waals surface area contributed by atoms with E-state index in [1.54, 1.807) is 6.92 Å². The van der Waals surface area contributed by atoms with Crippen molar-refractivity contribution in [1.29, 1.82) is 0 Å². The van der Waals surface area contributed by atoms with Crippen molar-refractivity contribution < 1.29 is 13.5 Å². The van der Waals surface area contributed by atoms with Crippen LogP contribution in [0.1, 0.15) is 11.1 Å². The van der Waals surface area contributed by atoms with Crippen molar-refractivity contribution in [1.82, 2.24) is 4.98 Å². The molecule has 0 spiro atoms. The number of nitrogens with zero attached hydrogens (tertiary/aromatic N) is 1. The van der Waals surface area contributed by atoms with Gasteiger partial charge in [-0.25, -0.2) is 13.8 Å². The van der Waals surface area contributed by atoms with Crippen molar-refractivity contribution in [3.8, 4) is 11.6 Å². The molecule has 94 valence electrons. The number of aryl methyl sites for hydroxylation is 1. The summed E-state index contributed by atoms with van der Waals surface area (Å²) in [6.45, 7) is 1.60. The number of aromatic nitrogens is 1. The number of hydrogen-bond donors (Lipinski definition) is 0. The van der Waals surface area contributed by atoms with Crippen molar-refractivity contribution in [2.45, 2.75) is 12.8 Å². The summed E-state index contributed by atoms with van der Waals surface area (Å²) in [6, 6.07) is 5.62. The third-order valence-electron chi connectivity index (χ3n) is 2.43. The van der Waals surface area contributed by atoms with Gasteiger partial charge in [0.15, 0.2) is 5.82 Å². The molecule has 0 N–H and O–H groups in total. The van der Waals surface area contributed by atoms with Crippen LogP contribution in [0.3, 0.4) is 0 Å². The molecular formula is C13H10ClF2NO. The average Bonchev–Trinajstić information content (AvgIpc) is 2.36. The monoisotopic (exact) mass is 269 g/mol. The maximum absolute atomic E-state index is 13.8. The summed E-state index contributed by atoms with van der Waals surface area (Å²) in [5, 5.41) is 0. The Balaban J connectivity index is 2.31. The lowest BCUT2D eigenvalue weighted by Gasteiger charge is -2.08. The summed E-state index contributed by atoms with van der Waals surface area (Å²) in [5.41, 5.74) is 0.724. The number of halogens is 3. The minimum Gasteiger partial charge on any atom is -0.436 e. The van der Waals surface area contributed by atoms with Gasteiger partial charge in [0.2, 0.25) is 0 Å². The van der Waals surface area contributed by atoms with Gasteiger partial charge in [-0.1, -0.05) is 0 Å². The molecule has 5 heteroatoms. The average molecular weight is 270 g/mol. The normalized spacial score (nSPS) is 10.4. The molecule has 0 saturated carbocycles. The summed E-state index contributed by atoms with van der Waals surface area (Å²) in [4.78, 5) is 3.78. The Morgan fingerprint density at radius 2 is 2.06 bits per heavy atom. The van der Waals surface area contributed by atoms with Gasteiger partial charge >= 0.3 is 0 Å². The molecule has 0 atom stereocenters. The second-order valence-electron chi connectivity index (χ2n) is 3.74. The van der Waals surface area contributed by atoms with Gasteiger partial charge in [0.05, 0.1) is 5.88 Å². The predicted octanol–water partition coefficient (Wildman–Crippen LogP) is 4.20. The van der Waals surface area contributed by atoms with E-state index in [4.69, 9.17) is 16.3 Å². The second-order valence-corrected chi connectivity index (χ2v) is 4.00. The minimum atomic E-state index is -0.602. The van der Waals surface area contributed by atoms with Crippen LogP contribution in [0.2, 0.25) is 0 Å². The van der Waals surface area contributed by atoms with Gasteiger partial charge in [-0.05, 0) is 36.8 Å². The van der Waals surface area contributed by atoms with E-state index in [1.165, 1.54) is 30.5 Å². The highest BCUT2D eigenvalue weighted by Crippen LogP contribution is 2.26. The summed E-state index contributed by atoms with van der Waals surface area (Å²) >= 11 is 5.58. The zero-order chi connectivity index (χ0) is 13.1. The fourth-order valence-electron chi connectivity index (χ4n) is 1.43. The molecule has 1 heterocycles. The fourth-order valence-corrected chi connectivity index (χ4v) is 1.64. The molecule has 18 heavy (non-hydrogen) atoms. The topological polar surface area (TPSA) is 22.1 Å². The Morgan fingerprint density at radius 1 is 1.28 bits per heavy atom. The van der Waals surface area contributed by atoms with Crippen LogP contribution in [0.25, 0.3) is 0 Å². The third kappa shape index (κ3) is 2.59. The second kappa shape index (κ2) is 5.31. The van der Waals surface area contributed by atoms with E-state index in [1.807, 2.05) is 0 Å². The molecule has 1 aromatic carbocycles. The molecule has 0 fully saturated rings. The van der Waals surface area contributed by atoms with E-state index < -0.39 is 5.82 Å². The lowest BCUT2D eigenvalue weighted by Crippen LogP contribution is -1.96. The SMILES string of the molecule is Cc1cc(Oc2nccc(CCl)c2F)ccc1F. The van der Waals surface area contributed by atoms with Gasteiger partial charge < -0.3 is 4.74 Å². The first-order chi connectivity index (χ1) is 8.61. The molecule has 0 unspecified atom stereocenters. The number of alkyl halides is 1. The smallest absolute Gasteiger partial charge is 0.256 e. The first kappa shape index (κ1) is 12.8. The van der Waals surface area contributed by atoms with E-state index in [2.05, 4.69) is 4.98 Å². The summed E-state index contributed by atoms with van der Waals surface area (Å²) < 4.78 is 32.1. The summed E-state index contributed by atoms with van der Waals surface area (Å²) in [5.74, 6) is -0.751. The Morgan fingerprint density at radius 3 is 2.72 bits per heavy atom. The molecule has 2 nitrogen and oxygen atoms in total. The van der Waals surface area contributed by atoms with Gasteiger partial charge in [0, 0.05) is 11.8 Å². The van der Waals surface area contributed by atoms with E-state index in [9.17, 15) is 8.78 Å². The van der Waals surface area contributed by atoms with Gasteiger partial charge in [-0.15, -0.1) is 11.6 Å². The fraction of sp³-hybridized carbons (Fsp3) is 0.154. The lowest BCUT2D eigenvalue weighted by molar-refractivity contribution is 0.419. The van der Waals surface area contributed by atoms with Crippen molar-refractivity contribution in [3.05, 3.63) is 53.2 Å². The van der Waals surface area contributed by atoms with Gasteiger partial charge in [0.25, 0.3) is 5.88 Å².